The number of hydroxylamine groups is 2. The third-order valence-electron chi connectivity index (χ3n) is 7.57. The molecule has 1 rings (SSSR count). The molecule has 0 saturated carbocycles. The lowest BCUT2D eigenvalue weighted by Crippen LogP contribution is -2.44. The first kappa shape index (κ1) is 42.0. The molecule has 1 aliphatic heterocycles. The average Bonchev–Trinajstić information content (AvgIpc) is 3.27. The first-order chi connectivity index (χ1) is 22.1. The summed E-state index contributed by atoms with van der Waals surface area (Å²) in [6.45, 7) is 10.8. The van der Waals surface area contributed by atoms with Gasteiger partial charge in [0.1, 0.15) is 17.2 Å². The molecule has 47 heavy (non-hydrogen) atoms. The number of carbonyl (C=O) groups excluding carboxylic acids is 6. The van der Waals surface area contributed by atoms with Gasteiger partial charge in [-0.3, -0.25) is 19.2 Å². The number of ether oxygens (including phenoxy) is 2. The zero-order valence-electron chi connectivity index (χ0n) is 30.0. The van der Waals surface area contributed by atoms with Crippen LogP contribution in [-0.2, 0) is 43.1 Å². The molecule has 3 amide bonds. The molecule has 1 aliphatic rings. The van der Waals surface area contributed by atoms with E-state index in [0.29, 0.717) is 17.9 Å². The molecule has 1 atom stereocenters. The number of unbranched alkanes of at least 4 members (excludes halogenated alkanes) is 14. The maximum atomic E-state index is 12.7. The molecule has 11 heteroatoms. The van der Waals surface area contributed by atoms with E-state index in [1.807, 2.05) is 20.8 Å². The second-order valence-electron chi connectivity index (χ2n) is 14.6. The quantitative estimate of drug-likeness (QED) is 0.0643. The van der Waals surface area contributed by atoms with E-state index in [4.69, 9.17) is 14.3 Å². The molecule has 0 aromatic carbocycles. The van der Waals surface area contributed by atoms with Gasteiger partial charge in [-0.1, -0.05) is 83.5 Å². The molecule has 270 valence electrons. The molecule has 1 fully saturated rings. The van der Waals surface area contributed by atoms with Gasteiger partial charge in [-0.25, -0.2) is 9.59 Å². The number of hydrogen-bond donors (Lipinski definition) is 1. The van der Waals surface area contributed by atoms with Gasteiger partial charge in [0, 0.05) is 25.7 Å². The van der Waals surface area contributed by atoms with Crippen molar-refractivity contribution in [1.29, 1.82) is 0 Å². The second-order valence-corrected chi connectivity index (χ2v) is 14.6. The first-order valence-electron chi connectivity index (χ1n) is 17.9. The highest BCUT2D eigenvalue weighted by molar-refractivity contribution is 6.01. The Morgan fingerprint density at radius 2 is 1.00 bits per heavy atom. The minimum absolute atomic E-state index is 0.00773. The van der Waals surface area contributed by atoms with Crippen molar-refractivity contribution in [1.82, 2.24) is 10.4 Å². The molecule has 0 bridgehead atoms. The molecule has 1 heterocycles. The lowest BCUT2D eigenvalue weighted by Gasteiger charge is -2.24. The smallest absolute Gasteiger partial charge is 0.333 e. The van der Waals surface area contributed by atoms with Gasteiger partial charge in [-0.2, -0.15) is 0 Å². The van der Waals surface area contributed by atoms with E-state index in [2.05, 4.69) is 5.32 Å². The summed E-state index contributed by atoms with van der Waals surface area (Å²) in [7, 11) is 0. The summed E-state index contributed by atoms with van der Waals surface area (Å²) in [5.74, 6) is -3.04. The fraction of sp³-hybridized carbons (Fsp3) is 0.833. The predicted molar refractivity (Wildman–Crippen MR) is 179 cm³/mol. The summed E-state index contributed by atoms with van der Waals surface area (Å²) in [4.78, 5) is 77.5. The van der Waals surface area contributed by atoms with Gasteiger partial charge >= 0.3 is 17.9 Å². The monoisotopic (exact) mass is 666 g/mol. The number of nitrogens with one attached hydrogen (secondary N) is 1. The Morgan fingerprint density at radius 3 is 1.43 bits per heavy atom. The largest absolute Gasteiger partial charge is 0.460 e. The highest BCUT2D eigenvalue weighted by atomic mass is 16.7. The van der Waals surface area contributed by atoms with Crippen molar-refractivity contribution >= 4 is 35.6 Å². The Bertz CT molecular complexity index is 981. The van der Waals surface area contributed by atoms with E-state index >= 15 is 0 Å². The summed E-state index contributed by atoms with van der Waals surface area (Å²) in [6.07, 6.45) is 17.4. The summed E-state index contributed by atoms with van der Waals surface area (Å²) in [5.41, 5.74) is -1.18. The third kappa shape index (κ3) is 22.3. The van der Waals surface area contributed by atoms with Crippen molar-refractivity contribution in [3.63, 3.8) is 0 Å². The Kier molecular flexibility index (Phi) is 20.2. The maximum Gasteiger partial charge on any atom is 0.333 e. The molecule has 0 unspecified atom stereocenters. The van der Waals surface area contributed by atoms with Crippen molar-refractivity contribution in [2.45, 2.75) is 194 Å². The molecular weight excluding hydrogens is 604 g/mol. The molecular formula is C36H62N2O9. The highest BCUT2D eigenvalue weighted by Crippen LogP contribution is 2.17. The third-order valence-corrected chi connectivity index (χ3v) is 7.57. The second kappa shape index (κ2) is 22.6. The summed E-state index contributed by atoms with van der Waals surface area (Å²) >= 11 is 0. The number of hydrogen-bond acceptors (Lipinski definition) is 9. The van der Waals surface area contributed by atoms with Crippen molar-refractivity contribution in [2.75, 3.05) is 0 Å². The number of carbonyl (C=O) groups is 6. The molecule has 0 radical (unpaired) electrons. The van der Waals surface area contributed by atoms with Crippen LogP contribution < -0.4 is 5.32 Å². The van der Waals surface area contributed by atoms with Gasteiger partial charge < -0.3 is 19.6 Å². The SMILES string of the molecule is CC(C)(C)OC(=O)CCCCCCCCCCCCCCCCCC(=O)N[C@@H](CCC(=O)ON1C(=O)CCC1=O)C(=O)OC(C)(C)C. The lowest BCUT2D eigenvalue weighted by atomic mass is 10.0. The highest BCUT2D eigenvalue weighted by Gasteiger charge is 2.33. The number of esters is 2. The molecule has 0 aliphatic carbocycles. The van der Waals surface area contributed by atoms with Gasteiger partial charge in [0.2, 0.25) is 5.91 Å². The van der Waals surface area contributed by atoms with Crippen LogP contribution in [-0.4, -0.2) is 57.9 Å². The van der Waals surface area contributed by atoms with Crippen molar-refractivity contribution in [3.8, 4) is 0 Å². The van der Waals surface area contributed by atoms with Crippen LogP contribution in [0.25, 0.3) is 0 Å². The number of rotatable bonds is 24. The maximum absolute atomic E-state index is 12.7. The fourth-order valence-corrected chi connectivity index (χ4v) is 5.20. The van der Waals surface area contributed by atoms with Crippen LogP contribution in [0.1, 0.15) is 176 Å². The van der Waals surface area contributed by atoms with Crippen LogP contribution >= 0.6 is 0 Å². The topological polar surface area (TPSA) is 145 Å². The Labute approximate surface area is 282 Å². The van der Waals surface area contributed by atoms with Crippen LogP contribution in [0.2, 0.25) is 0 Å². The zero-order valence-corrected chi connectivity index (χ0v) is 30.0. The van der Waals surface area contributed by atoms with Crippen LogP contribution in [0.15, 0.2) is 0 Å². The molecule has 1 N–H and O–H groups in total. The molecule has 0 aromatic heterocycles. The van der Waals surface area contributed by atoms with Crippen molar-refractivity contribution in [2.24, 2.45) is 0 Å². The molecule has 11 nitrogen and oxygen atoms in total. The van der Waals surface area contributed by atoms with Crippen LogP contribution in [0.5, 0.6) is 0 Å². The van der Waals surface area contributed by atoms with E-state index in [1.54, 1.807) is 20.8 Å². The van der Waals surface area contributed by atoms with E-state index in [9.17, 15) is 28.8 Å². The Morgan fingerprint density at radius 1 is 0.596 bits per heavy atom. The number of nitrogens with zero attached hydrogens (tertiary/aromatic N) is 1. The normalized spacial score (nSPS) is 14.2. The van der Waals surface area contributed by atoms with Gasteiger partial charge in [0.05, 0.1) is 6.42 Å². The van der Waals surface area contributed by atoms with Crippen LogP contribution in [0.3, 0.4) is 0 Å². The number of imide groups is 1. The minimum atomic E-state index is -1.05. The lowest BCUT2D eigenvalue weighted by molar-refractivity contribution is -0.197. The predicted octanol–water partition coefficient (Wildman–Crippen LogP) is 7.17. The van der Waals surface area contributed by atoms with E-state index in [-0.39, 0.29) is 44.0 Å². The van der Waals surface area contributed by atoms with Gasteiger partial charge in [0.25, 0.3) is 11.8 Å². The molecule has 1 saturated heterocycles. The van der Waals surface area contributed by atoms with Crippen molar-refractivity contribution in [3.05, 3.63) is 0 Å². The summed E-state index contributed by atoms with van der Waals surface area (Å²) in [6, 6.07) is -1.05. The van der Waals surface area contributed by atoms with E-state index in [1.165, 1.54) is 57.8 Å². The standard InChI is InChI=1S/C36H62N2O9/c1-35(2,3)45-32(42)23-21-19-17-15-13-11-9-7-8-10-12-14-16-18-20-22-29(39)37-28(34(44)46-36(4,5)6)24-27-33(43)47-38-30(40)25-26-31(38)41/h28H,7-27H2,1-6H3,(H,37,39)/t28-/m0/s1. The van der Waals surface area contributed by atoms with E-state index in [0.717, 1.165) is 32.1 Å². The van der Waals surface area contributed by atoms with Gasteiger partial charge in [-0.05, 0) is 60.8 Å². The van der Waals surface area contributed by atoms with E-state index < -0.39 is 41.0 Å². The van der Waals surface area contributed by atoms with Gasteiger partial charge in [0.15, 0.2) is 0 Å². The minimum Gasteiger partial charge on any atom is -0.460 e. The Balaban J connectivity index is 2.11. The van der Waals surface area contributed by atoms with Crippen molar-refractivity contribution < 1.29 is 43.1 Å². The van der Waals surface area contributed by atoms with Gasteiger partial charge in [-0.15, -0.1) is 5.06 Å². The summed E-state index contributed by atoms with van der Waals surface area (Å²) < 4.78 is 10.8. The Hall–Kier alpha value is -2.98. The first-order valence-corrected chi connectivity index (χ1v) is 17.9. The zero-order chi connectivity index (χ0) is 35.3. The fourth-order valence-electron chi connectivity index (χ4n) is 5.20. The van der Waals surface area contributed by atoms with Crippen LogP contribution in [0.4, 0.5) is 0 Å². The average molecular weight is 667 g/mol. The molecule has 0 aromatic rings. The number of amides is 3. The van der Waals surface area contributed by atoms with Crippen LogP contribution in [0, 0.1) is 0 Å². The molecule has 0 spiro atoms. The summed E-state index contributed by atoms with van der Waals surface area (Å²) in [5, 5.41) is 3.15.